The van der Waals surface area contributed by atoms with Gasteiger partial charge in [-0.15, -0.1) is 0 Å². The van der Waals surface area contributed by atoms with Crippen LogP contribution in [0.3, 0.4) is 0 Å². The topological polar surface area (TPSA) is 50.2 Å². The number of aromatic nitrogens is 2. The van der Waals surface area contributed by atoms with Gasteiger partial charge in [-0.3, -0.25) is 15.0 Å². The molecule has 0 amide bonds. The fourth-order valence-electron chi connectivity index (χ4n) is 1.73. The zero-order valence-electron chi connectivity index (χ0n) is 11.2. The van der Waals surface area contributed by atoms with Crippen LogP contribution in [0, 0.1) is 6.92 Å². The van der Waals surface area contributed by atoms with E-state index in [9.17, 15) is 0 Å². The van der Waals surface area contributed by atoms with Gasteiger partial charge in [0.1, 0.15) is 0 Å². The molecule has 2 heterocycles. The van der Waals surface area contributed by atoms with Gasteiger partial charge in [-0.05, 0) is 26.7 Å². The van der Waals surface area contributed by atoms with Gasteiger partial charge in [0, 0.05) is 17.5 Å². The van der Waals surface area contributed by atoms with E-state index >= 15 is 0 Å². The highest BCUT2D eigenvalue weighted by molar-refractivity contribution is 8.13. The third-order valence-corrected chi connectivity index (χ3v) is 4.21. The summed E-state index contributed by atoms with van der Waals surface area (Å²) in [6.07, 6.45) is 5.90. The molecule has 98 valence electrons. The Hall–Kier alpha value is -1.10. The monoisotopic (exact) mass is 264 g/mol. The number of aliphatic imine (C=N–C) groups is 1. The van der Waals surface area contributed by atoms with Gasteiger partial charge in [0.2, 0.25) is 0 Å². The summed E-state index contributed by atoms with van der Waals surface area (Å²) in [4.78, 5) is 13.1. The van der Waals surface area contributed by atoms with E-state index in [2.05, 4.69) is 34.1 Å². The fourth-order valence-corrected chi connectivity index (χ4v) is 2.95. The molecule has 0 bridgehead atoms. The van der Waals surface area contributed by atoms with Crippen LogP contribution in [0.4, 0.5) is 0 Å². The standard InChI is InChI=1S/C13H20N4S/c1-4-13(3)5-6-18-12(17-13)16-9-11-8-14-10(2)7-15-11/h7-8H,4-6,9H2,1-3H3,(H,16,17). The summed E-state index contributed by atoms with van der Waals surface area (Å²) in [6, 6.07) is 0. The van der Waals surface area contributed by atoms with Gasteiger partial charge in [-0.2, -0.15) is 0 Å². The minimum absolute atomic E-state index is 0.197. The number of aryl methyl sites for hydroxylation is 1. The molecule has 5 heteroatoms. The molecular weight excluding hydrogens is 244 g/mol. The van der Waals surface area contributed by atoms with Gasteiger partial charge in [-0.1, -0.05) is 18.7 Å². The lowest BCUT2D eigenvalue weighted by atomic mass is 9.96. The molecule has 1 N–H and O–H groups in total. The number of nitrogens with zero attached hydrogens (tertiary/aromatic N) is 3. The number of amidine groups is 1. The van der Waals surface area contributed by atoms with Crippen LogP contribution in [-0.4, -0.2) is 26.4 Å². The minimum atomic E-state index is 0.197. The summed E-state index contributed by atoms with van der Waals surface area (Å²) in [5, 5.41) is 4.56. The molecular formula is C13H20N4S. The number of hydrogen-bond acceptors (Lipinski definition) is 4. The first-order chi connectivity index (χ1) is 8.61. The molecule has 0 aromatic carbocycles. The van der Waals surface area contributed by atoms with Crippen LogP contribution in [-0.2, 0) is 6.54 Å². The minimum Gasteiger partial charge on any atom is -0.360 e. The van der Waals surface area contributed by atoms with Crippen LogP contribution in [0.5, 0.6) is 0 Å². The summed E-state index contributed by atoms with van der Waals surface area (Å²) in [6.45, 7) is 7.01. The number of nitrogens with one attached hydrogen (secondary N) is 1. The molecule has 1 unspecified atom stereocenters. The second kappa shape index (κ2) is 5.69. The van der Waals surface area contributed by atoms with E-state index in [1.807, 2.05) is 6.92 Å². The van der Waals surface area contributed by atoms with E-state index in [4.69, 9.17) is 0 Å². The SMILES string of the molecule is CCC1(C)CCSC(=NCc2cnc(C)cn2)N1. The Bertz CT molecular complexity index is 429. The maximum atomic E-state index is 4.59. The second-order valence-electron chi connectivity index (χ2n) is 4.91. The fraction of sp³-hybridized carbons (Fsp3) is 0.615. The van der Waals surface area contributed by atoms with E-state index in [-0.39, 0.29) is 5.54 Å². The zero-order valence-corrected chi connectivity index (χ0v) is 12.0. The maximum absolute atomic E-state index is 4.59. The smallest absolute Gasteiger partial charge is 0.157 e. The maximum Gasteiger partial charge on any atom is 0.157 e. The molecule has 18 heavy (non-hydrogen) atoms. The zero-order chi connectivity index (χ0) is 13.0. The molecule has 1 aliphatic heterocycles. The molecule has 1 saturated heterocycles. The molecule has 4 nitrogen and oxygen atoms in total. The number of hydrogen-bond donors (Lipinski definition) is 1. The molecule has 0 spiro atoms. The van der Waals surface area contributed by atoms with Crippen molar-refractivity contribution in [3.63, 3.8) is 0 Å². The highest BCUT2D eigenvalue weighted by atomic mass is 32.2. The third kappa shape index (κ3) is 3.45. The molecule has 2 rings (SSSR count). The molecule has 1 aromatic rings. The van der Waals surface area contributed by atoms with Crippen molar-refractivity contribution in [1.82, 2.24) is 15.3 Å². The largest absolute Gasteiger partial charge is 0.360 e. The first kappa shape index (κ1) is 13.3. The highest BCUT2D eigenvalue weighted by Crippen LogP contribution is 2.24. The molecule has 0 saturated carbocycles. The molecule has 0 aliphatic carbocycles. The van der Waals surface area contributed by atoms with E-state index in [0.29, 0.717) is 6.54 Å². The van der Waals surface area contributed by atoms with Crippen LogP contribution in [0.2, 0.25) is 0 Å². The van der Waals surface area contributed by atoms with Gasteiger partial charge in [0.15, 0.2) is 5.17 Å². The van der Waals surface area contributed by atoms with E-state index in [1.54, 1.807) is 24.2 Å². The summed E-state index contributed by atoms with van der Waals surface area (Å²) in [7, 11) is 0. The number of thioether (sulfide) groups is 1. The van der Waals surface area contributed by atoms with E-state index in [1.165, 1.54) is 6.42 Å². The first-order valence-electron chi connectivity index (χ1n) is 6.34. The quantitative estimate of drug-likeness (QED) is 0.911. The molecule has 0 radical (unpaired) electrons. The van der Waals surface area contributed by atoms with Crippen LogP contribution in [0.25, 0.3) is 0 Å². The van der Waals surface area contributed by atoms with Crippen LogP contribution in [0.1, 0.15) is 38.1 Å². The van der Waals surface area contributed by atoms with Crippen LogP contribution < -0.4 is 5.32 Å². The van der Waals surface area contributed by atoms with Gasteiger partial charge in [0.25, 0.3) is 0 Å². The average molecular weight is 264 g/mol. The Kier molecular flexibility index (Phi) is 4.22. The van der Waals surface area contributed by atoms with Gasteiger partial charge < -0.3 is 5.32 Å². The Morgan fingerprint density at radius 2 is 2.28 bits per heavy atom. The Balaban J connectivity index is 1.99. The van der Waals surface area contributed by atoms with Crippen LogP contribution >= 0.6 is 11.8 Å². The first-order valence-corrected chi connectivity index (χ1v) is 7.33. The summed E-state index contributed by atoms with van der Waals surface area (Å²) in [5.41, 5.74) is 2.05. The molecule has 1 fully saturated rings. The Labute approximate surface area is 113 Å². The third-order valence-electron chi connectivity index (χ3n) is 3.30. The van der Waals surface area contributed by atoms with Crippen molar-refractivity contribution >= 4 is 16.9 Å². The highest BCUT2D eigenvalue weighted by Gasteiger charge is 2.27. The van der Waals surface area contributed by atoms with Crippen LogP contribution in [0.15, 0.2) is 17.4 Å². The molecule has 1 aliphatic rings. The summed E-state index contributed by atoms with van der Waals surface area (Å²) < 4.78 is 0. The van der Waals surface area contributed by atoms with Gasteiger partial charge in [0.05, 0.1) is 24.1 Å². The van der Waals surface area contributed by atoms with Crippen molar-refractivity contribution in [2.75, 3.05) is 5.75 Å². The average Bonchev–Trinajstić information content (AvgIpc) is 2.38. The lowest BCUT2D eigenvalue weighted by Gasteiger charge is -2.35. The van der Waals surface area contributed by atoms with Crippen molar-refractivity contribution in [3.8, 4) is 0 Å². The van der Waals surface area contributed by atoms with E-state index < -0.39 is 0 Å². The summed E-state index contributed by atoms with van der Waals surface area (Å²) in [5.74, 6) is 1.13. The lowest BCUT2D eigenvalue weighted by Crippen LogP contribution is -2.48. The predicted octanol–water partition coefficient (Wildman–Crippen LogP) is 2.54. The summed E-state index contributed by atoms with van der Waals surface area (Å²) >= 11 is 1.79. The van der Waals surface area contributed by atoms with Crippen molar-refractivity contribution in [1.29, 1.82) is 0 Å². The van der Waals surface area contributed by atoms with Crippen molar-refractivity contribution in [2.45, 2.75) is 45.7 Å². The lowest BCUT2D eigenvalue weighted by molar-refractivity contribution is 0.390. The van der Waals surface area contributed by atoms with Crippen molar-refractivity contribution in [3.05, 3.63) is 23.8 Å². The van der Waals surface area contributed by atoms with E-state index in [0.717, 1.165) is 28.7 Å². The van der Waals surface area contributed by atoms with Crippen molar-refractivity contribution < 1.29 is 0 Å². The van der Waals surface area contributed by atoms with Gasteiger partial charge in [-0.25, -0.2) is 0 Å². The predicted molar refractivity (Wildman–Crippen MR) is 76.8 cm³/mol. The Morgan fingerprint density at radius 3 is 2.94 bits per heavy atom. The molecule has 1 atom stereocenters. The van der Waals surface area contributed by atoms with Crippen molar-refractivity contribution in [2.24, 2.45) is 4.99 Å². The molecule has 1 aromatic heterocycles. The Morgan fingerprint density at radius 1 is 1.44 bits per heavy atom. The normalized spacial score (nSPS) is 26.1. The number of rotatable bonds is 3. The van der Waals surface area contributed by atoms with Gasteiger partial charge >= 0.3 is 0 Å². The second-order valence-corrected chi connectivity index (χ2v) is 5.99.